The van der Waals surface area contributed by atoms with Crippen molar-refractivity contribution in [3.05, 3.63) is 46.3 Å². The number of methoxy groups -OCH3 is 1. The van der Waals surface area contributed by atoms with Gasteiger partial charge in [-0.25, -0.2) is 9.78 Å². The smallest absolute Gasteiger partial charge is 0.346 e. The maximum atomic E-state index is 11.7. The van der Waals surface area contributed by atoms with Crippen LogP contribution in [0.25, 0.3) is 22.0 Å². The predicted molar refractivity (Wildman–Crippen MR) is 79.6 cm³/mol. The van der Waals surface area contributed by atoms with Crippen LogP contribution in [0.1, 0.15) is 0 Å². The lowest BCUT2D eigenvalue weighted by atomic mass is 10.1. The second-order valence-electron chi connectivity index (χ2n) is 4.21. The van der Waals surface area contributed by atoms with Gasteiger partial charge in [0.25, 0.3) is 0 Å². The van der Waals surface area contributed by atoms with Crippen LogP contribution in [0, 0.1) is 0 Å². The molecule has 7 heteroatoms. The van der Waals surface area contributed by atoms with Gasteiger partial charge < -0.3 is 14.8 Å². The molecule has 0 amide bonds. The lowest BCUT2D eigenvalue weighted by Crippen LogP contribution is -2.11. The number of aromatic nitrogens is 3. The minimum absolute atomic E-state index is 0.0396. The Kier molecular flexibility index (Phi) is 3.41. The van der Waals surface area contributed by atoms with Gasteiger partial charge in [-0.05, 0) is 24.3 Å². The normalized spacial score (nSPS) is 10.5. The lowest BCUT2D eigenvalue weighted by molar-refractivity contribution is 0.373. The molecular weight excluding hydrogens is 290 g/mol. The molecule has 0 aliphatic carbocycles. The van der Waals surface area contributed by atoms with Crippen LogP contribution in [0.2, 0.25) is 0 Å². The van der Waals surface area contributed by atoms with E-state index in [4.69, 9.17) is 4.74 Å². The molecule has 3 rings (SSSR count). The number of ether oxygens (including phenoxy) is 1. The molecule has 6 nitrogen and oxygen atoms in total. The molecule has 106 valence electrons. The van der Waals surface area contributed by atoms with Crippen LogP contribution < -0.4 is 10.4 Å². The third kappa shape index (κ3) is 2.63. The maximum absolute atomic E-state index is 11.7. The van der Waals surface area contributed by atoms with Gasteiger partial charge in [0.2, 0.25) is 0 Å². The van der Waals surface area contributed by atoms with Crippen LogP contribution in [0.4, 0.5) is 0 Å². The van der Waals surface area contributed by atoms with E-state index in [1.807, 2.05) is 5.38 Å². The van der Waals surface area contributed by atoms with E-state index in [0.29, 0.717) is 27.7 Å². The fourth-order valence-corrected chi connectivity index (χ4v) is 2.52. The number of nitrogens with zero attached hydrogens (tertiary/aromatic N) is 2. The van der Waals surface area contributed by atoms with Crippen molar-refractivity contribution in [2.45, 2.75) is 0 Å². The van der Waals surface area contributed by atoms with Gasteiger partial charge >= 0.3 is 5.69 Å². The topological polar surface area (TPSA) is 88.1 Å². The number of rotatable bonds is 3. The summed E-state index contributed by atoms with van der Waals surface area (Å²) >= 11 is 1.41. The van der Waals surface area contributed by atoms with Crippen LogP contribution in [-0.4, -0.2) is 27.2 Å². The van der Waals surface area contributed by atoms with Gasteiger partial charge in [-0.3, -0.25) is 0 Å². The number of benzene rings is 1. The molecule has 3 aromatic rings. The van der Waals surface area contributed by atoms with E-state index in [9.17, 15) is 9.90 Å². The number of H-pyrrole nitrogens is 1. The number of nitrogens with one attached hydrogen (secondary N) is 1. The average molecular weight is 301 g/mol. The first-order valence-corrected chi connectivity index (χ1v) is 6.94. The number of phenolic OH excluding ortho intramolecular Hbond substituents is 1. The minimum Gasteiger partial charge on any atom is -0.504 e. The number of thiazole rings is 1. The molecule has 0 spiro atoms. The lowest BCUT2D eigenvalue weighted by Gasteiger charge is -2.07. The quantitative estimate of drug-likeness (QED) is 0.775. The largest absolute Gasteiger partial charge is 0.504 e. The van der Waals surface area contributed by atoms with Gasteiger partial charge in [0.05, 0.1) is 12.8 Å². The second-order valence-corrected chi connectivity index (χ2v) is 5.10. The third-order valence-corrected chi connectivity index (χ3v) is 3.68. The van der Waals surface area contributed by atoms with Crippen molar-refractivity contribution in [1.82, 2.24) is 15.0 Å². The van der Waals surface area contributed by atoms with Crippen LogP contribution >= 0.6 is 11.3 Å². The predicted octanol–water partition coefficient (Wildman–Crippen LogP) is 2.27. The molecule has 0 bridgehead atoms. The molecule has 0 saturated heterocycles. The summed E-state index contributed by atoms with van der Waals surface area (Å²) in [4.78, 5) is 22.5. The van der Waals surface area contributed by atoms with Crippen molar-refractivity contribution in [2.75, 3.05) is 7.11 Å². The van der Waals surface area contributed by atoms with Crippen molar-refractivity contribution in [1.29, 1.82) is 0 Å². The zero-order valence-electron chi connectivity index (χ0n) is 11.0. The summed E-state index contributed by atoms with van der Waals surface area (Å²) in [6.07, 6.45) is 1.66. The first kappa shape index (κ1) is 13.3. The van der Waals surface area contributed by atoms with Crippen molar-refractivity contribution in [2.24, 2.45) is 0 Å². The van der Waals surface area contributed by atoms with Gasteiger partial charge in [0.15, 0.2) is 11.5 Å². The summed E-state index contributed by atoms with van der Waals surface area (Å²) in [5.41, 5.74) is 1.35. The van der Waals surface area contributed by atoms with Crippen LogP contribution in [0.3, 0.4) is 0 Å². The zero-order chi connectivity index (χ0) is 14.8. The number of aromatic hydroxyl groups is 1. The maximum Gasteiger partial charge on any atom is 0.346 e. The Hall–Kier alpha value is -2.67. The molecular formula is C14H11N3O3S. The first-order chi connectivity index (χ1) is 10.2. The van der Waals surface area contributed by atoms with Crippen LogP contribution in [-0.2, 0) is 0 Å². The molecule has 0 saturated carbocycles. The second kappa shape index (κ2) is 5.37. The third-order valence-electron chi connectivity index (χ3n) is 2.89. The average Bonchev–Trinajstić information content (AvgIpc) is 3.01. The van der Waals surface area contributed by atoms with Crippen molar-refractivity contribution < 1.29 is 9.84 Å². The van der Waals surface area contributed by atoms with Crippen molar-refractivity contribution in [3.63, 3.8) is 0 Å². The van der Waals surface area contributed by atoms with Crippen molar-refractivity contribution >= 4 is 11.3 Å². The van der Waals surface area contributed by atoms with E-state index in [0.717, 1.165) is 0 Å². The van der Waals surface area contributed by atoms with Gasteiger partial charge in [0, 0.05) is 17.1 Å². The Labute approximate surface area is 123 Å². The highest BCUT2D eigenvalue weighted by molar-refractivity contribution is 7.13. The summed E-state index contributed by atoms with van der Waals surface area (Å²) < 4.78 is 5.07. The molecule has 2 heterocycles. The SMILES string of the molecule is COc1cc(-c2cc(-c3nccs3)nc(=O)[nH]2)ccc1O. The molecule has 1 aromatic carbocycles. The zero-order valence-corrected chi connectivity index (χ0v) is 11.8. The van der Waals surface area contributed by atoms with E-state index < -0.39 is 5.69 Å². The molecule has 0 aliphatic rings. The minimum atomic E-state index is -0.454. The Bertz CT molecular complexity index is 828. The molecule has 0 radical (unpaired) electrons. The van der Waals surface area contributed by atoms with Gasteiger partial charge in [-0.15, -0.1) is 11.3 Å². The Balaban J connectivity index is 2.13. The van der Waals surface area contributed by atoms with Gasteiger partial charge in [-0.2, -0.15) is 4.98 Å². The first-order valence-electron chi connectivity index (χ1n) is 6.06. The fourth-order valence-electron chi connectivity index (χ4n) is 1.92. The van der Waals surface area contributed by atoms with E-state index in [-0.39, 0.29) is 5.75 Å². The van der Waals surface area contributed by atoms with E-state index in [1.54, 1.807) is 24.4 Å². The number of phenols is 1. The van der Waals surface area contributed by atoms with E-state index >= 15 is 0 Å². The highest BCUT2D eigenvalue weighted by atomic mass is 32.1. The fraction of sp³-hybridized carbons (Fsp3) is 0.0714. The molecule has 0 fully saturated rings. The molecule has 0 unspecified atom stereocenters. The molecule has 0 aliphatic heterocycles. The number of hydrogen-bond donors (Lipinski definition) is 2. The number of hydrogen-bond acceptors (Lipinski definition) is 6. The summed E-state index contributed by atoms with van der Waals surface area (Å²) in [5, 5.41) is 12.1. The standard InChI is InChI=1S/C14H11N3O3S/c1-20-12-6-8(2-3-11(12)18)9-7-10(17-14(19)16-9)13-15-4-5-21-13/h2-7,18H,1H3,(H,16,17,19). The number of aromatic amines is 1. The summed E-state index contributed by atoms with van der Waals surface area (Å²) in [5.74, 6) is 0.374. The van der Waals surface area contributed by atoms with Crippen LogP contribution in [0.5, 0.6) is 11.5 Å². The van der Waals surface area contributed by atoms with Gasteiger partial charge in [-0.1, -0.05) is 0 Å². The molecule has 2 N–H and O–H groups in total. The Morgan fingerprint density at radius 3 is 2.90 bits per heavy atom. The Morgan fingerprint density at radius 2 is 2.19 bits per heavy atom. The monoisotopic (exact) mass is 301 g/mol. The highest BCUT2D eigenvalue weighted by Crippen LogP contribution is 2.31. The summed E-state index contributed by atoms with van der Waals surface area (Å²) in [6.45, 7) is 0. The molecule has 0 atom stereocenters. The van der Waals surface area contributed by atoms with E-state index in [1.165, 1.54) is 24.5 Å². The molecule has 2 aromatic heterocycles. The Morgan fingerprint density at radius 1 is 1.33 bits per heavy atom. The highest BCUT2D eigenvalue weighted by Gasteiger charge is 2.10. The van der Waals surface area contributed by atoms with Gasteiger partial charge in [0.1, 0.15) is 10.7 Å². The van der Waals surface area contributed by atoms with Crippen molar-refractivity contribution in [3.8, 4) is 33.5 Å². The summed E-state index contributed by atoms with van der Waals surface area (Å²) in [7, 11) is 1.47. The van der Waals surface area contributed by atoms with E-state index in [2.05, 4.69) is 15.0 Å². The summed E-state index contributed by atoms with van der Waals surface area (Å²) in [6, 6.07) is 6.59. The van der Waals surface area contributed by atoms with Crippen LogP contribution in [0.15, 0.2) is 40.6 Å². The molecule has 21 heavy (non-hydrogen) atoms.